The lowest BCUT2D eigenvalue weighted by Crippen LogP contribution is -2.50. The molecule has 2 amide bonds. The molecule has 0 radical (unpaired) electrons. The molecule has 5 aromatic rings. The molecule has 1 aliphatic carbocycles. The number of aromatic nitrogens is 6. The molecule has 2 aliphatic heterocycles. The molecule has 216 valence electrons. The van der Waals surface area contributed by atoms with Crippen LogP contribution in [-0.4, -0.2) is 59.7 Å². The summed E-state index contributed by atoms with van der Waals surface area (Å²) >= 11 is 0. The highest BCUT2D eigenvalue weighted by atomic mass is 16.5. The average molecular weight is 578 g/mol. The van der Waals surface area contributed by atoms with Gasteiger partial charge in [-0.25, -0.2) is 4.79 Å². The molecule has 2 fully saturated rings. The van der Waals surface area contributed by atoms with Crippen LogP contribution in [0.1, 0.15) is 59.2 Å². The first-order valence-electron chi connectivity index (χ1n) is 14.3. The maximum atomic E-state index is 14.5. The van der Waals surface area contributed by atoms with E-state index in [1.54, 1.807) is 34.3 Å². The average Bonchev–Trinajstić information content (AvgIpc) is 3.49. The summed E-state index contributed by atoms with van der Waals surface area (Å²) in [6, 6.07) is 12.5. The van der Waals surface area contributed by atoms with Crippen LogP contribution in [0.15, 0.2) is 64.2 Å². The first kappa shape index (κ1) is 25.4. The van der Waals surface area contributed by atoms with Gasteiger partial charge in [-0.2, -0.15) is 15.1 Å². The maximum absolute atomic E-state index is 14.5. The Bertz CT molecular complexity index is 1980. The number of nitrogen functional groups attached to an aromatic ring is 1. The van der Waals surface area contributed by atoms with Gasteiger partial charge in [0.15, 0.2) is 5.82 Å². The Morgan fingerprint density at radius 1 is 1.07 bits per heavy atom. The summed E-state index contributed by atoms with van der Waals surface area (Å²) in [4.78, 5) is 52.9. The van der Waals surface area contributed by atoms with E-state index in [2.05, 4.69) is 25.3 Å². The number of H-pyrrole nitrogens is 1. The number of anilines is 2. The molecule has 13 heteroatoms. The fourth-order valence-electron chi connectivity index (χ4n) is 6.46. The fourth-order valence-corrected chi connectivity index (χ4v) is 6.46. The van der Waals surface area contributed by atoms with Crippen molar-refractivity contribution >= 4 is 34.2 Å². The van der Waals surface area contributed by atoms with Crippen LogP contribution in [0.5, 0.6) is 0 Å². The van der Waals surface area contributed by atoms with Gasteiger partial charge < -0.3 is 20.1 Å². The number of nitrogens with zero attached hydrogens (tertiary/aromatic N) is 7. The Morgan fingerprint density at radius 3 is 2.67 bits per heavy atom. The normalized spacial score (nSPS) is 17.6. The standard InChI is InChI=1S/C30H27N9O4/c31-23-8-11-38(29(42)33-23)21-2-1-3-22-25(21)30(28(41)39(22)16-24-34-26(36-43-24)17-4-5-17)9-12-37(13-10-30)27(40)18-6-7-20-19(14-18)15-32-35-20/h1-3,6-8,11,14-15,17H,4-5,9-10,12-13,16H2,(H,32,35)(H2,31,33,42). The van der Waals surface area contributed by atoms with E-state index in [-0.39, 0.29) is 24.2 Å². The molecule has 2 aromatic carbocycles. The van der Waals surface area contributed by atoms with Crippen LogP contribution < -0.4 is 16.3 Å². The zero-order valence-corrected chi connectivity index (χ0v) is 23.1. The first-order valence-corrected chi connectivity index (χ1v) is 14.3. The Labute approximate surface area is 244 Å². The highest BCUT2D eigenvalue weighted by Gasteiger charge is 2.54. The second-order valence-corrected chi connectivity index (χ2v) is 11.4. The number of aromatic amines is 1. The smallest absolute Gasteiger partial charge is 0.354 e. The molecule has 0 atom stereocenters. The number of benzene rings is 2. The minimum atomic E-state index is -0.975. The zero-order chi connectivity index (χ0) is 29.3. The number of carbonyl (C=O) groups excluding carboxylic acids is 2. The minimum absolute atomic E-state index is 0.105. The fraction of sp³-hybridized carbons (Fsp3) is 0.300. The van der Waals surface area contributed by atoms with Crippen LogP contribution in [0.4, 0.5) is 11.5 Å². The summed E-state index contributed by atoms with van der Waals surface area (Å²) in [5, 5.41) is 11.9. The summed E-state index contributed by atoms with van der Waals surface area (Å²) in [6.07, 6.45) is 6.08. The van der Waals surface area contributed by atoms with Crippen molar-refractivity contribution in [1.82, 2.24) is 34.8 Å². The van der Waals surface area contributed by atoms with Crippen molar-refractivity contribution in [2.24, 2.45) is 0 Å². The monoisotopic (exact) mass is 577 g/mol. The Balaban J connectivity index is 1.16. The number of hydrogen-bond donors (Lipinski definition) is 2. The molecule has 43 heavy (non-hydrogen) atoms. The van der Waals surface area contributed by atoms with Crippen LogP contribution in [0.2, 0.25) is 0 Å². The molecule has 3 aliphatic rings. The number of nitrogens with two attached hydrogens (primary N) is 1. The number of piperidine rings is 1. The molecule has 13 nitrogen and oxygen atoms in total. The summed E-state index contributed by atoms with van der Waals surface area (Å²) in [5.41, 5.74) is 7.63. The zero-order valence-electron chi connectivity index (χ0n) is 23.1. The highest BCUT2D eigenvalue weighted by Crippen LogP contribution is 2.51. The van der Waals surface area contributed by atoms with E-state index < -0.39 is 11.1 Å². The second kappa shape index (κ2) is 9.34. The molecule has 3 N–H and O–H groups in total. The van der Waals surface area contributed by atoms with E-state index in [0.29, 0.717) is 60.5 Å². The number of rotatable bonds is 5. The van der Waals surface area contributed by atoms with Gasteiger partial charge in [-0.15, -0.1) is 0 Å². The SMILES string of the molecule is Nc1ccn(-c2cccc3c2C2(CCN(C(=O)c4ccc5[nH]ncc5c4)CC2)C(=O)N3Cc2nc(C3CC3)no2)c(=O)n1. The number of likely N-dealkylation sites (tertiary alicyclic amines) is 1. The Kier molecular flexibility index (Phi) is 5.52. The van der Waals surface area contributed by atoms with Crippen LogP contribution in [-0.2, 0) is 16.8 Å². The summed E-state index contributed by atoms with van der Waals surface area (Å²) in [7, 11) is 0. The van der Waals surface area contributed by atoms with Gasteiger partial charge in [0.1, 0.15) is 12.4 Å². The van der Waals surface area contributed by atoms with E-state index in [9.17, 15) is 14.4 Å². The predicted octanol–water partition coefficient (Wildman–Crippen LogP) is 2.67. The van der Waals surface area contributed by atoms with Crippen molar-refractivity contribution in [2.75, 3.05) is 23.7 Å². The molecule has 1 saturated carbocycles. The van der Waals surface area contributed by atoms with Crippen LogP contribution in [0.25, 0.3) is 16.6 Å². The van der Waals surface area contributed by atoms with E-state index in [0.717, 1.165) is 29.3 Å². The minimum Gasteiger partial charge on any atom is -0.383 e. The van der Waals surface area contributed by atoms with Crippen LogP contribution in [0.3, 0.4) is 0 Å². The largest absolute Gasteiger partial charge is 0.383 e. The summed E-state index contributed by atoms with van der Waals surface area (Å²) in [5.74, 6) is 1.24. The quantitative estimate of drug-likeness (QED) is 0.319. The van der Waals surface area contributed by atoms with Gasteiger partial charge in [0.2, 0.25) is 11.8 Å². The number of amides is 2. The van der Waals surface area contributed by atoms with Gasteiger partial charge in [-0.05, 0) is 62.1 Å². The molecule has 1 spiro atoms. The van der Waals surface area contributed by atoms with Gasteiger partial charge in [-0.3, -0.25) is 19.3 Å². The van der Waals surface area contributed by atoms with Crippen molar-refractivity contribution in [3.63, 3.8) is 0 Å². The third-order valence-corrected chi connectivity index (χ3v) is 8.84. The van der Waals surface area contributed by atoms with Gasteiger partial charge in [0.05, 0.1) is 28.5 Å². The lowest BCUT2D eigenvalue weighted by Gasteiger charge is -2.39. The summed E-state index contributed by atoms with van der Waals surface area (Å²) < 4.78 is 6.96. The number of hydrogen-bond acceptors (Lipinski definition) is 9. The van der Waals surface area contributed by atoms with E-state index in [1.807, 2.05) is 30.3 Å². The van der Waals surface area contributed by atoms with Crippen molar-refractivity contribution in [1.29, 1.82) is 0 Å². The first-order chi connectivity index (χ1) is 20.9. The lowest BCUT2D eigenvalue weighted by molar-refractivity contribution is -0.124. The molecule has 0 unspecified atom stereocenters. The Morgan fingerprint density at radius 2 is 1.88 bits per heavy atom. The maximum Gasteiger partial charge on any atom is 0.354 e. The van der Waals surface area contributed by atoms with Crippen LogP contribution in [0, 0.1) is 0 Å². The van der Waals surface area contributed by atoms with Crippen molar-refractivity contribution in [3.05, 3.63) is 88.2 Å². The van der Waals surface area contributed by atoms with Crippen molar-refractivity contribution in [3.8, 4) is 5.69 Å². The van der Waals surface area contributed by atoms with Crippen LogP contribution >= 0.6 is 0 Å². The van der Waals surface area contributed by atoms with Crippen molar-refractivity contribution in [2.45, 2.75) is 43.6 Å². The molecule has 3 aromatic heterocycles. The van der Waals surface area contributed by atoms with E-state index in [1.165, 1.54) is 4.57 Å². The second-order valence-electron chi connectivity index (χ2n) is 11.4. The molecular weight excluding hydrogens is 550 g/mol. The predicted molar refractivity (Wildman–Crippen MR) is 155 cm³/mol. The molecule has 1 saturated heterocycles. The van der Waals surface area contributed by atoms with Gasteiger partial charge in [0, 0.05) is 41.7 Å². The van der Waals surface area contributed by atoms with E-state index >= 15 is 0 Å². The number of fused-ring (bicyclic) bond motifs is 3. The molecule has 5 heterocycles. The third-order valence-electron chi connectivity index (χ3n) is 8.84. The summed E-state index contributed by atoms with van der Waals surface area (Å²) in [6.45, 7) is 0.826. The third kappa shape index (κ3) is 4.02. The van der Waals surface area contributed by atoms with E-state index in [4.69, 9.17) is 10.3 Å². The lowest BCUT2D eigenvalue weighted by atomic mass is 9.72. The van der Waals surface area contributed by atoms with Gasteiger partial charge in [0.25, 0.3) is 5.91 Å². The number of nitrogens with one attached hydrogen (secondary N) is 1. The van der Waals surface area contributed by atoms with Gasteiger partial charge >= 0.3 is 5.69 Å². The molecule has 8 rings (SSSR count). The highest BCUT2D eigenvalue weighted by molar-refractivity contribution is 6.09. The topological polar surface area (TPSA) is 169 Å². The number of carbonyl (C=O) groups is 2. The van der Waals surface area contributed by atoms with Gasteiger partial charge in [-0.1, -0.05) is 11.2 Å². The van der Waals surface area contributed by atoms with Crippen molar-refractivity contribution < 1.29 is 14.1 Å². The molecule has 0 bridgehead atoms. The molecular formula is C30H27N9O4. The Hall–Kier alpha value is -5.33.